The van der Waals surface area contributed by atoms with Gasteiger partial charge in [0.25, 0.3) is 0 Å². The largest absolute Gasteiger partial charge is 0.0561 e. The summed E-state index contributed by atoms with van der Waals surface area (Å²) in [6.07, 6.45) is 0. The molecule has 1 aliphatic carbocycles. The van der Waals surface area contributed by atoms with Crippen molar-refractivity contribution >= 4 is 0 Å². The summed E-state index contributed by atoms with van der Waals surface area (Å²) < 4.78 is 0. The molecule has 0 aromatic carbocycles. The van der Waals surface area contributed by atoms with Crippen molar-refractivity contribution in [3.05, 3.63) is 22.3 Å². The molecule has 0 saturated heterocycles. The number of hydrogen-bond donors (Lipinski definition) is 0. The van der Waals surface area contributed by atoms with Crippen molar-refractivity contribution in [1.82, 2.24) is 0 Å². The van der Waals surface area contributed by atoms with Crippen molar-refractivity contribution in [2.24, 2.45) is 21.7 Å². The molecular weight excluding hydrogens is 240 g/mol. The molecule has 20 heavy (non-hydrogen) atoms. The van der Waals surface area contributed by atoms with Crippen molar-refractivity contribution in [2.45, 2.75) is 83.1 Å². The standard InChI is InChI=1S/C20H36/c1-17(2,3)13-14(18(4,5)6)16(20(10,11)12)15(13)19(7,8)9/h1-12H3. The first-order valence-corrected chi connectivity index (χ1v) is 8.00. The molecule has 0 amide bonds. The van der Waals surface area contributed by atoms with Crippen molar-refractivity contribution in [3.63, 3.8) is 0 Å². The van der Waals surface area contributed by atoms with Crippen LogP contribution in [0.4, 0.5) is 0 Å². The van der Waals surface area contributed by atoms with Gasteiger partial charge in [-0.25, -0.2) is 0 Å². The highest BCUT2D eigenvalue weighted by Gasteiger charge is 2.47. The molecule has 0 saturated carbocycles. The van der Waals surface area contributed by atoms with Gasteiger partial charge in [0.05, 0.1) is 0 Å². The van der Waals surface area contributed by atoms with Crippen LogP contribution in [-0.4, -0.2) is 0 Å². The van der Waals surface area contributed by atoms with Crippen LogP contribution in [0.2, 0.25) is 0 Å². The monoisotopic (exact) mass is 276 g/mol. The van der Waals surface area contributed by atoms with E-state index in [0.29, 0.717) is 0 Å². The van der Waals surface area contributed by atoms with Crippen molar-refractivity contribution in [2.75, 3.05) is 0 Å². The first-order valence-electron chi connectivity index (χ1n) is 8.00. The summed E-state index contributed by atoms with van der Waals surface area (Å²) in [5.41, 5.74) is 7.34. The van der Waals surface area contributed by atoms with Crippen LogP contribution in [0.15, 0.2) is 22.3 Å². The fourth-order valence-corrected chi connectivity index (χ4v) is 3.44. The first kappa shape index (κ1) is 17.5. The quantitative estimate of drug-likeness (QED) is 0.457. The molecule has 1 rings (SSSR count). The van der Waals surface area contributed by atoms with Gasteiger partial charge in [-0.05, 0) is 44.0 Å². The Kier molecular flexibility index (Phi) is 3.93. The molecule has 0 unspecified atom stereocenters. The molecule has 0 fully saturated rings. The Balaban J connectivity index is 3.65. The number of allylic oxidation sites excluding steroid dienone is 4. The van der Waals surface area contributed by atoms with E-state index in [0.717, 1.165) is 0 Å². The Morgan fingerprint density at radius 3 is 0.450 bits per heavy atom. The van der Waals surface area contributed by atoms with Gasteiger partial charge in [-0.2, -0.15) is 0 Å². The van der Waals surface area contributed by atoms with E-state index in [1.165, 1.54) is 0 Å². The van der Waals surface area contributed by atoms with Crippen LogP contribution >= 0.6 is 0 Å². The van der Waals surface area contributed by atoms with Crippen molar-refractivity contribution < 1.29 is 0 Å². The zero-order valence-corrected chi connectivity index (χ0v) is 16.0. The highest BCUT2D eigenvalue weighted by Crippen LogP contribution is 2.60. The smallest absolute Gasteiger partial charge is 0.0126 e. The Labute approximate surface area is 127 Å². The molecule has 0 N–H and O–H groups in total. The normalized spacial score (nSPS) is 18.6. The molecule has 0 spiro atoms. The second-order valence-electron chi connectivity index (χ2n) is 10.5. The summed E-state index contributed by atoms with van der Waals surface area (Å²) in [7, 11) is 0. The van der Waals surface area contributed by atoms with Gasteiger partial charge in [0.1, 0.15) is 0 Å². The molecule has 0 atom stereocenters. The maximum absolute atomic E-state index is 2.36. The Bertz CT molecular complexity index is 353. The lowest BCUT2D eigenvalue weighted by atomic mass is 9.53. The van der Waals surface area contributed by atoms with Gasteiger partial charge in [0.15, 0.2) is 0 Å². The van der Waals surface area contributed by atoms with E-state index in [1.807, 2.05) is 0 Å². The summed E-state index contributed by atoms with van der Waals surface area (Å²) >= 11 is 0. The lowest BCUT2D eigenvalue weighted by Gasteiger charge is -2.52. The van der Waals surface area contributed by atoms with Crippen LogP contribution in [-0.2, 0) is 0 Å². The predicted octanol–water partition coefficient (Wildman–Crippen LogP) is 6.78. The van der Waals surface area contributed by atoms with Crippen LogP contribution in [0.5, 0.6) is 0 Å². The van der Waals surface area contributed by atoms with Gasteiger partial charge < -0.3 is 0 Å². The van der Waals surface area contributed by atoms with Crippen LogP contribution in [0, 0.1) is 21.7 Å². The predicted molar refractivity (Wildman–Crippen MR) is 91.9 cm³/mol. The third-order valence-electron chi connectivity index (χ3n) is 4.00. The third kappa shape index (κ3) is 3.05. The highest BCUT2D eigenvalue weighted by molar-refractivity contribution is 5.67. The van der Waals surface area contributed by atoms with Gasteiger partial charge in [-0.1, -0.05) is 83.1 Å². The Morgan fingerprint density at radius 2 is 0.400 bits per heavy atom. The lowest BCUT2D eigenvalue weighted by Crippen LogP contribution is -2.38. The van der Waals surface area contributed by atoms with Crippen LogP contribution in [0.1, 0.15) is 83.1 Å². The lowest BCUT2D eigenvalue weighted by molar-refractivity contribution is 0.353. The van der Waals surface area contributed by atoms with E-state index in [9.17, 15) is 0 Å². The maximum Gasteiger partial charge on any atom is -0.0126 e. The minimum Gasteiger partial charge on any atom is -0.0561 e. The van der Waals surface area contributed by atoms with Gasteiger partial charge >= 0.3 is 0 Å². The number of rotatable bonds is 0. The Hall–Kier alpha value is -0.520. The second kappa shape index (κ2) is 4.49. The summed E-state index contributed by atoms with van der Waals surface area (Å²) in [4.78, 5) is 0. The topological polar surface area (TPSA) is 0 Å². The van der Waals surface area contributed by atoms with E-state index in [1.54, 1.807) is 22.3 Å². The molecule has 1 aliphatic rings. The molecule has 0 bridgehead atoms. The average Bonchev–Trinajstić information content (AvgIpc) is 1.86. The van der Waals surface area contributed by atoms with E-state index < -0.39 is 0 Å². The molecule has 0 aliphatic heterocycles. The van der Waals surface area contributed by atoms with Crippen molar-refractivity contribution in [3.8, 4) is 0 Å². The molecular formula is C20H36. The number of hydrogen-bond acceptors (Lipinski definition) is 0. The molecule has 0 heteroatoms. The second-order valence-corrected chi connectivity index (χ2v) is 10.5. The molecule has 0 aromatic heterocycles. The molecule has 0 radical (unpaired) electrons. The molecule has 0 nitrogen and oxygen atoms in total. The van der Waals surface area contributed by atoms with Gasteiger partial charge in [0, 0.05) is 0 Å². The van der Waals surface area contributed by atoms with Crippen LogP contribution in [0.3, 0.4) is 0 Å². The fraction of sp³-hybridized carbons (Fsp3) is 0.800. The average molecular weight is 277 g/mol. The minimum atomic E-state index is 0.222. The Morgan fingerprint density at radius 1 is 0.300 bits per heavy atom. The zero-order valence-electron chi connectivity index (χ0n) is 16.0. The van der Waals surface area contributed by atoms with E-state index in [-0.39, 0.29) is 21.7 Å². The van der Waals surface area contributed by atoms with Gasteiger partial charge in [0.2, 0.25) is 0 Å². The van der Waals surface area contributed by atoms with Crippen molar-refractivity contribution in [1.29, 1.82) is 0 Å². The summed E-state index contributed by atoms with van der Waals surface area (Å²) in [5, 5.41) is 0. The fourth-order valence-electron chi connectivity index (χ4n) is 3.44. The first-order chi connectivity index (χ1) is 8.49. The summed E-state index contributed by atoms with van der Waals surface area (Å²) in [6.45, 7) is 28.3. The zero-order chi connectivity index (χ0) is 16.3. The van der Waals surface area contributed by atoms with Gasteiger partial charge in [-0.15, -0.1) is 0 Å². The molecule has 116 valence electrons. The molecule has 0 heterocycles. The van der Waals surface area contributed by atoms with Crippen LogP contribution in [0.25, 0.3) is 0 Å². The summed E-state index contributed by atoms with van der Waals surface area (Å²) in [5.74, 6) is 0. The minimum absolute atomic E-state index is 0.222. The van der Waals surface area contributed by atoms with E-state index in [4.69, 9.17) is 0 Å². The summed E-state index contributed by atoms with van der Waals surface area (Å²) in [6, 6.07) is 0. The van der Waals surface area contributed by atoms with E-state index >= 15 is 0 Å². The molecule has 0 aromatic rings. The van der Waals surface area contributed by atoms with E-state index in [2.05, 4.69) is 83.1 Å². The third-order valence-corrected chi connectivity index (χ3v) is 4.00. The van der Waals surface area contributed by atoms with Crippen LogP contribution < -0.4 is 0 Å². The highest BCUT2D eigenvalue weighted by atomic mass is 14.5. The SMILES string of the molecule is CC(C)(C)C1=C(C(C)(C)C)C(C(C)(C)C)=C1C(C)(C)C. The van der Waals surface area contributed by atoms with Gasteiger partial charge in [-0.3, -0.25) is 0 Å². The maximum atomic E-state index is 2.36.